The van der Waals surface area contributed by atoms with Crippen molar-refractivity contribution in [1.82, 2.24) is 10.2 Å². The fourth-order valence-corrected chi connectivity index (χ4v) is 2.45. The van der Waals surface area contributed by atoms with E-state index in [2.05, 4.69) is 15.5 Å². The zero-order valence-corrected chi connectivity index (χ0v) is 13.2. The molecule has 0 radical (unpaired) electrons. The highest BCUT2D eigenvalue weighted by Crippen LogP contribution is 2.30. The molecule has 0 spiro atoms. The van der Waals surface area contributed by atoms with Crippen LogP contribution in [0.5, 0.6) is 0 Å². The third kappa shape index (κ3) is 3.71. The van der Waals surface area contributed by atoms with Gasteiger partial charge in [0, 0.05) is 23.0 Å². The van der Waals surface area contributed by atoms with Crippen LogP contribution in [-0.2, 0) is 6.18 Å². The lowest BCUT2D eigenvalue weighted by molar-refractivity contribution is -0.137. The third-order valence-electron chi connectivity index (χ3n) is 3.76. The molecule has 7 heteroatoms. The molecule has 0 fully saturated rings. The average molecular weight is 345 g/mol. The number of carbonyl (C=O) groups is 1. The van der Waals surface area contributed by atoms with Crippen molar-refractivity contribution in [2.75, 3.05) is 5.32 Å². The number of amides is 1. The maximum absolute atomic E-state index is 12.8. The van der Waals surface area contributed by atoms with Crippen LogP contribution in [0, 0.1) is 6.92 Å². The minimum absolute atomic E-state index is 0.0553. The minimum Gasteiger partial charge on any atom is -0.322 e. The molecule has 1 heterocycles. The number of halogens is 3. The Kier molecular flexibility index (Phi) is 4.31. The Labute approximate surface area is 141 Å². The van der Waals surface area contributed by atoms with Gasteiger partial charge in [-0.15, -0.1) is 0 Å². The van der Waals surface area contributed by atoms with Crippen molar-refractivity contribution >= 4 is 11.6 Å². The Morgan fingerprint density at radius 1 is 1.16 bits per heavy atom. The summed E-state index contributed by atoms with van der Waals surface area (Å²) < 4.78 is 38.3. The molecule has 0 saturated heterocycles. The summed E-state index contributed by atoms with van der Waals surface area (Å²) in [5.74, 6) is -0.604. The Bertz CT molecular complexity index is 902. The van der Waals surface area contributed by atoms with Crippen LogP contribution < -0.4 is 5.32 Å². The molecule has 4 nitrogen and oxygen atoms in total. The standard InChI is InChI=1S/C18H14F3N3O/c1-11-5-6-15(8-16(11)13-9-22-23-10-13)24-17(25)12-3-2-4-14(7-12)18(19,20)21/h2-10H,1H3,(H,22,23)(H,24,25). The number of benzene rings is 2. The normalized spacial score (nSPS) is 11.4. The number of anilines is 1. The molecule has 0 aliphatic heterocycles. The first-order valence-corrected chi connectivity index (χ1v) is 7.43. The lowest BCUT2D eigenvalue weighted by Crippen LogP contribution is -2.14. The van der Waals surface area contributed by atoms with Crippen molar-refractivity contribution in [3.8, 4) is 11.1 Å². The maximum Gasteiger partial charge on any atom is 0.416 e. The molecule has 3 aromatic rings. The van der Waals surface area contributed by atoms with Gasteiger partial charge in [-0.25, -0.2) is 0 Å². The van der Waals surface area contributed by atoms with Gasteiger partial charge >= 0.3 is 6.18 Å². The largest absolute Gasteiger partial charge is 0.416 e. The first-order valence-electron chi connectivity index (χ1n) is 7.43. The first kappa shape index (κ1) is 16.8. The van der Waals surface area contributed by atoms with Crippen molar-refractivity contribution < 1.29 is 18.0 Å². The Hall–Kier alpha value is -3.09. The van der Waals surface area contributed by atoms with Crippen LogP contribution in [0.3, 0.4) is 0 Å². The fraction of sp³-hybridized carbons (Fsp3) is 0.111. The second-order valence-electron chi connectivity index (χ2n) is 5.55. The predicted molar refractivity (Wildman–Crippen MR) is 88.2 cm³/mol. The quantitative estimate of drug-likeness (QED) is 0.725. The highest BCUT2D eigenvalue weighted by Gasteiger charge is 2.30. The highest BCUT2D eigenvalue weighted by atomic mass is 19.4. The Balaban J connectivity index is 1.86. The van der Waals surface area contributed by atoms with Crippen molar-refractivity contribution in [1.29, 1.82) is 0 Å². The van der Waals surface area contributed by atoms with E-state index in [1.165, 1.54) is 12.1 Å². The van der Waals surface area contributed by atoms with Crippen LogP contribution in [-0.4, -0.2) is 16.1 Å². The molecule has 2 aromatic carbocycles. The molecule has 25 heavy (non-hydrogen) atoms. The summed E-state index contributed by atoms with van der Waals surface area (Å²) >= 11 is 0. The summed E-state index contributed by atoms with van der Waals surface area (Å²) in [5.41, 5.74) is 2.29. The average Bonchev–Trinajstić information content (AvgIpc) is 3.10. The van der Waals surface area contributed by atoms with Crippen LogP contribution in [0.4, 0.5) is 18.9 Å². The number of hydrogen-bond acceptors (Lipinski definition) is 2. The van der Waals surface area contributed by atoms with Crippen LogP contribution >= 0.6 is 0 Å². The molecule has 3 rings (SSSR count). The van der Waals surface area contributed by atoms with Gasteiger partial charge in [0.25, 0.3) is 5.91 Å². The second kappa shape index (κ2) is 6.43. The van der Waals surface area contributed by atoms with Gasteiger partial charge in [-0.1, -0.05) is 12.1 Å². The van der Waals surface area contributed by atoms with Gasteiger partial charge in [0.05, 0.1) is 11.8 Å². The maximum atomic E-state index is 12.8. The molecule has 0 bridgehead atoms. The number of rotatable bonds is 3. The number of nitrogens with zero attached hydrogens (tertiary/aromatic N) is 1. The summed E-state index contributed by atoms with van der Waals surface area (Å²) in [6.07, 6.45) is -1.12. The molecule has 1 amide bonds. The number of aryl methyl sites for hydroxylation is 1. The number of aromatic amines is 1. The predicted octanol–water partition coefficient (Wildman–Crippen LogP) is 4.66. The van der Waals surface area contributed by atoms with Crippen LogP contribution in [0.1, 0.15) is 21.5 Å². The third-order valence-corrected chi connectivity index (χ3v) is 3.76. The molecule has 0 aliphatic carbocycles. The van der Waals surface area contributed by atoms with E-state index in [9.17, 15) is 18.0 Å². The summed E-state index contributed by atoms with van der Waals surface area (Å²) in [6.45, 7) is 1.92. The van der Waals surface area contributed by atoms with Gasteiger partial charge < -0.3 is 5.32 Å². The Morgan fingerprint density at radius 3 is 2.64 bits per heavy atom. The number of aromatic nitrogens is 2. The van der Waals surface area contributed by atoms with E-state index in [4.69, 9.17) is 0 Å². The number of H-pyrrole nitrogens is 1. The van der Waals surface area contributed by atoms with Gasteiger partial charge in [-0.05, 0) is 48.4 Å². The minimum atomic E-state index is -4.49. The van der Waals surface area contributed by atoms with E-state index >= 15 is 0 Å². The zero-order valence-electron chi connectivity index (χ0n) is 13.2. The SMILES string of the molecule is Cc1ccc(NC(=O)c2cccc(C(F)(F)F)c2)cc1-c1cn[nH]c1. The van der Waals surface area contributed by atoms with E-state index in [-0.39, 0.29) is 5.56 Å². The van der Waals surface area contributed by atoms with Crippen LogP contribution in [0.2, 0.25) is 0 Å². The van der Waals surface area contributed by atoms with Crippen molar-refractivity contribution in [3.63, 3.8) is 0 Å². The number of hydrogen-bond donors (Lipinski definition) is 2. The van der Waals surface area contributed by atoms with E-state index in [1.54, 1.807) is 24.5 Å². The lowest BCUT2D eigenvalue weighted by Gasteiger charge is -2.11. The molecule has 0 aliphatic rings. The highest BCUT2D eigenvalue weighted by molar-refractivity contribution is 6.04. The smallest absolute Gasteiger partial charge is 0.322 e. The Morgan fingerprint density at radius 2 is 1.96 bits per heavy atom. The molecule has 0 saturated carbocycles. The van der Waals surface area contributed by atoms with Gasteiger partial charge in [0.1, 0.15) is 0 Å². The number of nitrogens with one attached hydrogen (secondary N) is 2. The van der Waals surface area contributed by atoms with Gasteiger partial charge in [-0.2, -0.15) is 18.3 Å². The molecule has 0 atom stereocenters. The van der Waals surface area contributed by atoms with Crippen molar-refractivity contribution in [2.24, 2.45) is 0 Å². The van der Waals surface area contributed by atoms with Crippen molar-refractivity contribution in [3.05, 3.63) is 71.5 Å². The van der Waals surface area contributed by atoms with Gasteiger partial charge in [0.2, 0.25) is 0 Å². The fourth-order valence-electron chi connectivity index (χ4n) is 2.45. The lowest BCUT2D eigenvalue weighted by atomic mass is 10.0. The van der Waals surface area contributed by atoms with Crippen LogP contribution in [0.15, 0.2) is 54.9 Å². The monoisotopic (exact) mass is 345 g/mol. The number of carbonyl (C=O) groups excluding carboxylic acids is 1. The summed E-state index contributed by atoms with van der Waals surface area (Å²) in [5, 5.41) is 9.24. The van der Waals surface area contributed by atoms with E-state index in [1.807, 2.05) is 13.0 Å². The topological polar surface area (TPSA) is 57.8 Å². The molecule has 0 unspecified atom stereocenters. The first-order chi connectivity index (χ1) is 11.8. The molecular formula is C18H14F3N3O. The van der Waals surface area contributed by atoms with Crippen LogP contribution in [0.25, 0.3) is 11.1 Å². The summed E-state index contributed by atoms with van der Waals surface area (Å²) in [7, 11) is 0. The number of alkyl halides is 3. The van der Waals surface area contributed by atoms with Gasteiger partial charge in [0.15, 0.2) is 0 Å². The van der Waals surface area contributed by atoms with Crippen molar-refractivity contribution in [2.45, 2.75) is 13.1 Å². The zero-order chi connectivity index (χ0) is 18.0. The summed E-state index contributed by atoms with van der Waals surface area (Å²) in [6, 6.07) is 9.60. The molecule has 1 aromatic heterocycles. The van der Waals surface area contributed by atoms with Gasteiger partial charge in [-0.3, -0.25) is 9.89 Å². The summed E-state index contributed by atoms with van der Waals surface area (Å²) in [4.78, 5) is 12.3. The molecule has 2 N–H and O–H groups in total. The molecular weight excluding hydrogens is 331 g/mol. The molecule has 128 valence electrons. The van der Waals surface area contributed by atoms with E-state index in [0.717, 1.165) is 28.8 Å². The second-order valence-corrected chi connectivity index (χ2v) is 5.55. The van der Waals surface area contributed by atoms with E-state index in [0.29, 0.717) is 5.69 Å². The van der Waals surface area contributed by atoms with E-state index < -0.39 is 17.6 Å².